The SMILES string of the molecule is Cc1cc(Cl)ccc1NS(=O)(=O)c1ccc2c(c1)C1C=CCC1[C@H](c1cccc(Cl)c1)N2. The Labute approximate surface area is 198 Å². The van der Waals surface area contributed by atoms with Crippen LogP contribution in [0.25, 0.3) is 0 Å². The third kappa shape index (κ3) is 3.90. The van der Waals surface area contributed by atoms with Crippen molar-refractivity contribution >= 4 is 44.6 Å². The first-order chi connectivity index (χ1) is 15.3. The topological polar surface area (TPSA) is 58.2 Å². The van der Waals surface area contributed by atoms with Crippen LogP contribution in [0.3, 0.4) is 0 Å². The van der Waals surface area contributed by atoms with E-state index in [1.54, 1.807) is 30.3 Å². The third-order valence-electron chi connectivity index (χ3n) is 6.29. The van der Waals surface area contributed by atoms with Crippen molar-refractivity contribution in [3.8, 4) is 0 Å². The van der Waals surface area contributed by atoms with Crippen molar-refractivity contribution in [3.05, 3.63) is 99.6 Å². The van der Waals surface area contributed by atoms with Crippen LogP contribution in [0.15, 0.2) is 77.7 Å². The molecule has 2 N–H and O–H groups in total. The number of hydrogen-bond acceptors (Lipinski definition) is 3. The third-order valence-corrected chi connectivity index (χ3v) is 8.12. The number of fused-ring (bicyclic) bond motifs is 3. The Morgan fingerprint density at radius 2 is 1.81 bits per heavy atom. The molecule has 0 fully saturated rings. The van der Waals surface area contributed by atoms with Crippen LogP contribution in [0.1, 0.15) is 35.1 Å². The van der Waals surface area contributed by atoms with E-state index in [-0.39, 0.29) is 16.9 Å². The lowest BCUT2D eigenvalue weighted by Crippen LogP contribution is -2.29. The molecule has 4 nitrogen and oxygen atoms in total. The zero-order valence-electron chi connectivity index (χ0n) is 17.3. The van der Waals surface area contributed by atoms with Gasteiger partial charge in [-0.3, -0.25) is 4.72 Å². The van der Waals surface area contributed by atoms with E-state index in [0.29, 0.717) is 21.7 Å². The van der Waals surface area contributed by atoms with E-state index in [9.17, 15) is 8.42 Å². The summed E-state index contributed by atoms with van der Waals surface area (Å²) in [7, 11) is -3.74. The molecule has 0 saturated carbocycles. The summed E-state index contributed by atoms with van der Waals surface area (Å²) in [5.74, 6) is 0.438. The van der Waals surface area contributed by atoms with E-state index in [0.717, 1.165) is 28.8 Å². The quantitative estimate of drug-likeness (QED) is 0.394. The van der Waals surface area contributed by atoms with Crippen molar-refractivity contribution in [2.75, 3.05) is 10.0 Å². The minimum Gasteiger partial charge on any atom is -0.378 e. The molecule has 0 amide bonds. The molecule has 32 heavy (non-hydrogen) atoms. The maximum Gasteiger partial charge on any atom is 0.261 e. The van der Waals surface area contributed by atoms with Crippen LogP contribution in [0.5, 0.6) is 0 Å². The molecule has 0 bridgehead atoms. The van der Waals surface area contributed by atoms with Crippen molar-refractivity contribution in [3.63, 3.8) is 0 Å². The first-order valence-corrected chi connectivity index (χ1v) is 12.7. The molecule has 7 heteroatoms. The zero-order chi connectivity index (χ0) is 22.5. The highest BCUT2D eigenvalue weighted by atomic mass is 35.5. The number of benzene rings is 3. The molecular weight excluding hydrogens is 463 g/mol. The monoisotopic (exact) mass is 484 g/mol. The van der Waals surface area contributed by atoms with E-state index >= 15 is 0 Å². The molecule has 164 valence electrons. The molecule has 3 atom stereocenters. The summed E-state index contributed by atoms with van der Waals surface area (Å²) < 4.78 is 29.0. The van der Waals surface area contributed by atoms with Gasteiger partial charge in [-0.15, -0.1) is 0 Å². The van der Waals surface area contributed by atoms with Crippen molar-refractivity contribution in [2.24, 2.45) is 5.92 Å². The Balaban J connectivity index is 1.49. The van der Waals surface area contributed by atoms with Gasteiger partial charge in [0.2, 0.25) is 0 Å². The first kappa shape index (κ1) is 21.4. The fourth-order valence-electron chi connectivity index (χ4n) is 4.71. The maximum absolute atomic E-state index is 13.1. The minimum atomic E-state index is -3.74. The van der Waals surface area contributed by atoms with Crippen LogP contribution in [0, 0.1) is 12.8 Å². The average molecular weight is 485 g/mol. The second-order valence-corrected chi connectivity index (χ2v) is 10.9. The molecule has 2 unspecified atom stereocenters. The normalized spacial score (nSPS) is 21.5. The van der Waals surface area contributed by atoms with E-state index in [2.05, 4.69) is 28.3 Å². The zero-order valence-corrected chi connectivity index (χ0v) is 19.7. The summed E-state index contributed by atoms with van der Waals surface area (Å²) >= 11 is 12.2. The van der Waals surface area contributed by atoms with Gasteiger partial charge in [-0.2, -0.15) is 0 Å². The fraction of sp³-hybridized carbons (Fsp3) is 0.200. The Morgan fingerprint density at radius 1 is 1.00 bits per heavy atom. The molecule has 2 aliphatic rings. The molecule has 5 rings (SSSR count). The highest BCUT2D eigenvalue weighted by Crippen LogP contribution is 2.50. The van der Waals surface area contributed by atoms with Crippen LogP contribution in [0.4, 0.5) is 11.4 Å². The Hall–Kier alpha value is -2.47. The summed E-state index contributed by atoms with van der Waals surface area (Å²) in [6.45, 7) is 1.82. The summed E-state index contributed by atoms with van der Waals surface area (Å²) in [6.07, 6.45) is 5.29. The summed E-state index contributed by atoms with van der Waals surface area (Å²) in [5.41, 5.74) is 4.37. The molecule has 0 saturated heterocycles. The minimum absolute atomic E-state index is 0.110. The second kappa shape index (κ2) is 8.14. The Morgan fingerprint density at radius 3 is 2.59 bits per heavy atom. The van der Waals surface area contributed by atoms with Gasteiger partial charge in [0, 0.05) is 21.7 Å². The molecule has 1 aliphatic carbocycles. The summed E-state index contributed by atoms with van der Waals surface area (Å²) in [6, 6.07) is 18.4. The predicted molar refractivity (Wildman–Crippen MR) is 131 cm³/mol. The maximum atomic E-state index is 13.1. The van der Waals surface area contributed by atoms with Crippen molar-refractivity contribution in [2.45, 2.75) is 30.2 Å². The van der Waals surface area contributed by atoms with Gasteiger partial charge in [0.25, 0.3) is 10.0 Å². The van der Waals surface area contributed by atoms with Gasteiger partial charge in [-0.25, -0.2) is 8.42 Å². The smallest absolute Gasteiger partial charge is 0.261 e. The highest BCUT2D eigenvalue weighted by molar-refractivity contribution is 7.92. The number of rotatable bonds is 4. The van der Waals surface area contributed by atoms with Crippen molar-refractivity contribution < 1.29 is 8.42 Å². The highest BCUT2D eigenvalue weighted by Gasteiger charge is 2.38. The number of nitrogens with one attached hydrogen (secondary N) is 2. The van der Waals surface area contributed by atoms with Crippen LogP contribution < -0.4 is 10.0 Å². The molecule has 0 radical (unpaired) electrons. The molecule has 3 aromatic rings. The predicted octanol–water partition coefficient (Wildman–Crippen LogP) is 6.93. The lowest BCUT2D eigenvalue weighted by Gasteiger charge is -2.37. The number of halogens is 2. The van der Waals surface area contributed by atoms with Crippen LogP contribution in [0.2, 0.25) is 10.0 Å². The van der Waals surface area contributed by atoms with E-state index in [4.69, 9.17) is 23.2 Å². The summed E-state index contributed by atoms with van der Waals surface area (Å²) in [5, 5.41) is 4.91. The van der Waals surface area contributed by atoms with E-state index < -0.39 is 10.0 Å². The van der Waals surface area contributed by atoms with Crippen LogP contribution in [-0.2, 0) is 10.0 Å². The lowest BCUT2D eigenvalue weighted by molar-refractivity contribution is 0.425. The molecule has 1 aliphatic heterocycles. The number of aryl methyl sites for hydroxylation is 1. The molecule has 0 aromatic heterocycles. The van der Waals surface area contributed by atoms with Gasteiger partial charge >= 0.3 is 0 Å². The molecule has 1 heterocycles. The van der Waals surface area contributed by atoms with Gasteiger partial charge in [0.15, 0.2) is 0 Å². The van der Waals surface area contributed by atoms with Gasteiger partial charge in [0.1, 0.15) is 0 Å². The van der Waals surface area contributed by atoms with Gasteiger partial charge in [-0.05, 0) is 84.5 Å². The fourth-order valence-corrected chi connectivity index (χ4v) is 6.31. The van der Waals surface area contributed by atoms with E-state index in [1.165, 1.54) is 0 Å². The van der Waals surface area contributed by atoms with Gasteiger partial charge in [0.05, 0.1) is 16.6 Å². The number of sulfonamides is 1. The van der Waals surface area contributed by atoms with Crippen LogP contribution in [-0.4, -0.2) is 8.42 Å². The standard InChI is InChI=1S/C25H22Cl2N2O2S/c1-15-12-18(27)8-10-23(15)29-32(30,31)19-9-11-24-22(14-19)20-6-3-7-21(20)25(28-24)16-4-2-5-17(26)13-16/h2-6,8-14,20-21,25,28-29H,7H2,1H3/t20?,21?,25-/m0/s1. The lowest BCUT2D eigenvalue weighted by atomic mass is 9.77. The first-order valence-electron chi connectivity index (χ1n) is 10.4. The second-order valence-electron chi connectivity index (χ2n) is 8.34. The van der Waals surface area contributed by atoms with Gasteiger partial charge in [-0.1, -0.05) is 47.5 Å². The number of anilines is 2. The summed E-state index contributed by atoms with van der Waals surface area (Å²) in [4.78, 5) is 0.243. The Bertz CT molecular complexity index is 1340. The average Bonchev–Trinajstić information content (AvgIpc) is 3.25. The molecule has 3 aromatic carbocycles. The molecule has 0 spiro atoms. The van der Waals surface area contributed by atoms with Crippen molar-refractivity contribution in [1.82, 2.24) is 0 Å². The van der Waals surface area contributed by atoms with Crippen LogP contribution >= 0.6 is 23.2 Å². The number of allylic oxidation sites excluding steroid dienone is 2. The largest absolute Gasteiger partial charge is 0.378 e. The molecular formula is C25H22Cl2N2O2S. The Kier molecular flexibility index (Phi) is 5.44. The number of hydrogen-bond donors (Lipinski definition) is 2. The van der Waals surface area contributed by atoms with Gasteiger partial charge < -0.3 is 5.32 Å². The van der Waals surface area contributed by atoms with E-state index in [1.807, 2.05) is 31.2 Å². The van der Waals surface area contributed by atoms with Crippen molar-refractivity contribution in [1.29, 1.82) is 0 Å².